The summed E-state index contributed by atoms with van der Waals surface area (Å²) >= 11 is 5.97. The molecule has 25 heavy (non-hydrogen) atoms. The molecule has 5 nitrogen and oxygen atoms in total. The number of furan rings is 1. The van der Waals surface area contributed by atoms with E-state index in [4.69, 9.17) is 16.0 Å². The van der Waals surface area contributed by atoms with E-state index in [1.807, 2.05) is 56.4 Å². The maximum absolute atomic E-state index is 5.97. The smallest absolute Gasteiger partial charge is 0.232 e. The lowest BCUT2D eigenvalue weighted by Crippen LogP contribution is -1.97. The molecule has 0 atom stereocenters. The summed E-state index contributed by atoms with van der Waals surface area (Å²) in [7, 11) is 0. The largest absolute Gasteiger partial charge is 0.437 e. The molecule has 6 heteroatoms. The summed E-state index contributed by atoms with van der Waals surface area (Å²) in [6, 6.07) is 11.4. The Hall–Kier alpha value is -2.92. The molecule has 0 aliphatic heterocycles. The highest BCUT2D eigenvalue weighted by Crippen LogP contribution is 2.36. The van der Waals surface area contributed by atoms with Gasteiger partial charge < -0.3 is 9.73 Å². The predicted molar refractivity (Wildman–Crippen MR) is 99.2 cm³/mol. The van der Waals surface area contributed by atoms with Crippen LogP contribution >= 0.6 is 11.6 Å². The predicted octanol–water partition coefficient (Wildman–Crippen LogP) is 5.30. The van der Waals surface area contributed by atoms with Gasteiger partial charge in [-0.3, -0.25) is 0 Å². The Balaban J connectivity index is 1.81. The number of hydrogen-bond acceptors (Lipinski definition) is 5. The van der Waals surface area contributed by atoms with Gasteiger partial charge in [0.05, 0.1) is 5.39 Å². The van der Waals surface area contributed by atoms with Crippen molar-refractivity contribution in [3.63, 3.8) is 0 Å². The molecule has 0 saturated carbocycles. The monoisotopic (exact) mass is 350 g/mol. The first-order valence-corrected chi connectivity index (χ1v) is 8.19. The Morgan fingerprint density at radius 3 is 2.48 bits per heavy atom. The molecular weight excluding hydrogens is 336 g/mol. The fraction of sp³-hybridized carbons (Fsp3) is 0.105. The third-order valence-electron chi connectivity index (χ3n) is 3.99. The van der Waals surface area contributed by atoms with Gasteiger partial charge in [0.25, 0.3) is 0 Å². The quantitative estimate of drug-likeness (QED) is 0.543. The van der Waals surface area contributed by atoms with Gasteiger partial charge in [-0.05, 0) is 49.7 Å². The van der Waals surface area contributed by atoms with Crippen LogP contribution in [0.15, 0.2) is 53.3 Å². The molecule has 0 spiro atoms. The molecule has 0 fully saturated rings. The number of halogens is 1. The fourth-order valence-corrected chi connectivity index (χ4v) is 2.83. The van der Waals surface area contributed by atoms with Crippen molar-refractivity contribution < 1.29 is 4.42 Å². The van der Waals surface area contributed by atoms with Crippen LogP contribution in [0, 0.1) is 13.8 Å². The second-order valence-electron chi connectivity index (χ2n) is 5.81. The zero-order valence-corrected chi connectivity index (χ0v) is 14.5. The maximum Gasteiger partial charge on any atom is 0.232 e. The first-order chi connectivity index (χ1) is 12.1. The number of nitrogens with zero attached hydrogens (tertiary/aromatic N) is 3. The third kappa shape index (κ3) is 2.94. The Kier molecular flexibility index (Phi) is 3.86. The molecule has 0 unspecified atom stereocenters. The third-order valence-corrected chi connectivity index (χ3v) is 4.24. The number of fused-ring (bicyclic) bond motifs is 1. The average molecular weight is 351 g/mol. The molecule has 3 aromatic heterocycles. The summed E-state index contributed by atoms with van der Waals surface area (Å²) in [5.41, 5.74) is 3.54. The molecule has 0 amide bonds. The van der Waals surface area contributed by atoms with Crippen molar-refractivity contribution in [3.05, 3.63) is 65.1 Å². The Bertz CT molecular complexity index is 1040. The average Bonchev–Trinajstić information content (AvgIpc) is 2.96. The zero-order chi connectivity index (χ0) is 17.4. The first-order valence-electron chi connectivity index (χ1n) is 7.81. The number of nitrogens with one attached hydrogen (secondary N) is 1. The molecular formula is C19H15ClN4O. The first kappa shape index (κ1) is 15.6. The molecule has 0 radical (unpaired) electrons. The van der Waals surface area contributed by atoms with Crippen molar-refractivity contribution in [2.75, 3.05) is 5.32 Å². The van der Waals surface area contributed by atoms with E-state index in [0.717, 1.165) is 33.7 Å². The lowest BCUT2D eigenvalue weighted by molar-refractivity contribution is 0.615. The Labute approximate surface area is 149 Å². The van der Waals surface area contributed by atoms with Gasteiger partial charge in [-0.15, -0.1) is 0 Å². The van der Waals surface area contributed by atoms with Crippen LogP contribution in [0.3, 0.4) is 0 Å². The van der Waals surface area contributed by atoms with E-state index in [-0.39, 0.29) is 0 Å². The van der Waals surface area contributed by atoms with Gasteiger partial charge in [-0.1, -0.05) is 17.7 Å². The van der Waals surface area contributed by atoms with Gasteiger partial charge in [0, 0.05) is 22.3 Å². The van der Waals surface area contributed by atoms with Crippen LogP contribution in [0.4, 0.5) is 11.6 Å². The molecule has 0 aliphatic carbocycles. The number of aryl methyl sites for hydroxylation is 2. The van der Waals surface area contributed by atoms with E-state index in [9.17, 15) is 0 Å². The lowest BCUT2D eigenvalue weighted by Gasteiger charge is -2.06. The lowest BCUT2D eigenvalue weighted by atomic mass is 10.1. The van der Waals surface area contributed by atoms with E-state index < -0.39 is 0 Å². The number of benzene rings is 1. The summed E-state index contributed by atoms with van der Waals surface area (Å²) in [4.78, 5) is 13.0. The SMILES string of the molecule is Cc1ccc(Nc2ncnc3oc(-c4ccc(Cl)cc4)c(C)c23)nc1. The van der Waals surface area contributed by atoms with E-state index >= 15 is 0 Å². The highest BCUT2D eigenvalue weighted by molar-refractivity contribution is 6.30. The van der Waals surface area contributed by atoms with Crippen molar-refractivity contribution in [2.45, 2.75) is 13.8 Å². The van der Waals surface area contributed by atoms with E-state index in [0.29, 0.717) is 16.6 Å². The van der Waals surface area contributed by atoms with Crippen molar-refractivity contribution in [2.24, 2.45) is 0 Å². The summed E-state index contributed by atoms with van der Waals surface area (Å²) in [5.74, 6) is 2.15. The fourth-order valence-electron chi connectivity index (χ4n) is 2.71. The van der Waals surface area contributed by atoms with E-state index in [2.05, 4.69) is 20.3 Å². The summed E-state index contributed by atoms with van der Waals surface area (Å²) in [6.07, 6.45) is 3.29. The van der Waals surface area contributed by atoms with Crippen molar-refractivity contribution in [1.29, 1.82) is 0 Å². The van der Waals surface area contributed by atoms with Gasteiger partial charge in [0.2, 0.25) is 5.71 Å². The number of pyridine rings is 1. The number of aromatic nitrogens is 3. The van der Waals surface area contributed by atoms with Gasteiger partial charge in [-0.25, -0.2) is 15.0 Å². The minimum atomic E-state index is 0.534. The molecule has 0 bridgehead atoms. The van der Waals surface area contributed by atoms with Gasteiger partial charge in [-0.2, -0.15) is 0 Å². The molecule has 1 N–H and O–H groups in total. The van der Waals surface area contributed by atoms with Crippen molar-refractivity contribution in [3.8, 4) is 11.3 Å². The molecule has 3 heterocycles. The summed E-state index contributed by atoms with van der Waals surface area (Å²) < 4.78 is 5.97. The van der Waals surface area contributed by atoms with Gasteiger partial charge >= 0.3 is 0 Å². The zero-order valence-electron chi connectivity index (χ0n) is 13.7. The second kappa shape index (κ2) is 6.18. The number of rotatable bonds is 3. The Morgan fingerprint density at radius 2 is 1.76 bits per heavy atom. The van der Waals surface area contributed by atoms with Gasteiger partial charge in [0.1, 0.15) is 23.7 Å². The Morgan fingerprint density at radius 1 is 0.960 bits per heavy atom. The van der Waals surface area contributed by atoms with Gasteiger partial charge in [0.15, 0.2) is 0 Å². The van der Waals surface area contributed by atoms with E-state index in [1.54, 1.807) is 0 Å². The van der Waals surface area contributed by atoms with Crippen molar-refractivity contribution in [1.82, 2.24) is 15.0 Å². The maximum atomic E-state index is 5.97. The van der Waals surface area contributed by atoms with Crippen LogP contribution < -0.4 is 5.32 Å². The minimum Gasteiger partial charge on any atom is -0.437 e. The summed E-state index contributed by atoms with van der Waals surface area (Å²) in [5, 5.41) is 4.77. The molecule has 124 valence electrons. The molecule has 4 aromatic rings. The number of anilines is 2. The van der Waals surface area contributed by atoms with Crippen LogP contribution in [-0.2, 0) is 0 Å². The topological polar surface area (TPSA) is 63.8 Å². The highest BCUT2D eigenvalue weighted by atomic mass is 35.5. The minimum absolute atomic E-state index is 0.534. The van der Waals surface area contributed by atoms with Crippen LogP contribution in [0.25, 0.3) is 22.4 Å². The molecule has 1 aromatic carbocycles. The van der Waals surface area contributed by atoms with Crippen LogP contribution in [0.5, 0.6) is 0 Å². The normalized spacial score (nSPS) is 11.0. The van der Waals surface area contributed by atoms with E-state index in [1.165, 1.54) is 6.33 Å². The van der Waals surface area contributed by atoms with Crippen molar-refractivity contribution >= 4 is 34.3 Å². The molecule has 0 saturated heterocycles. The molecule has 4 rings (SSSR count). The molecule has 0 aliphatic rings. The summed E-state index contributed by atoms with van der Waals surface area (Å²) in [6.45, 7) is 3.99. The highest BCUT2D eigenvalue weighted by Gasteiger charge is 2.17. The number of hydrogen-bond donors (Lipinski definition) is 1. The van der Waals surface area contributed by atoms with Crippen LogP contribution in [0.1, 0.15) is 11.1 Å². The van der Waals surface area contributed by atoms with Crippen LogP contribution in [-0.4, -0.2) is 15.0 Å². The standard InChI is InChI=1S/C19H15ClN4O/c1-11-3-8-15(21-9-11)24-18-16-12(2)17(25-19(16)23-10-22-18)13-4-6-14(20)7-5-13/h3-10H,1-2H3,(H,21,22,23,24). The van der Waals surface area contributed by atoms with Crippen LogP contribution in [0.2, 0.25) is 5.02 Å². The second-order valence-corrected chi connectivity index (χ2v) is 6.25.